The van der Waals surface area contributed by atoms with E-state index in [1.165, 1.54) is 64.1 Å². The van der Waals surface area contributed by atoms with Gasteiger partial charge in [0.2, 0.25) is 5.56 Å². The van der Waals surface area contributed by atoms with E-state index in [-0.39, 0.29) is 22.9 Å². The number of aromatic amines is 1. The summed E-state index contributed by atoms with van der Waals surface area (Å²) in [4.78, 5) is 33.0. The SMILES string of the molecule is CN(C(=O)c1cccc(=O)[nH]1)C1CCC23CCC1C21CCN(CC2CC2)C3Cc2ccccc21. The molecule has 1 amide bonds. The molecule has 4 bridgehead atoms. The van der Waals surface area contributed by atoms with Gasteiger partial charge in [-0.3, -0.25) is 14.5 Å². The number of rotatable bonds is 4. The van der Waals surface area contributed by atoms with Gasteiger partial charge in [0, 0.05) is 37.2 Å². The van der Waals surface area contributed by atoms with Crippen molar-refractivity contribution in [2.45, 2.75) is 68.9 Å². The van der Waals surface area contributed by atoms with Gasteiger partial charge in [-0.25, -0.2) is 0 Å². The largest absolute Gasteiger partial charge is 0.337 e. The summed E-state index contributed by atoms with van der Waals surface area (Å²) < 4.78 is 0. The van der Waals surface area contributed by atoms with Crippen LogP contribution in [-0.2, 0) is 11.8 Å². The fraction of sp³-hybridized carbons (Fsp3) is 0.586. The van der Waals surface area contributed by atoms with E-state index in [1.54, 1.807) is 23.3 Å². The van der Waals surface area contributed by atoms with Gasteiger partial charge in [0.1, 0.15) is 5.69 Å². The van der Waals surface area contributed by atoms with Crippen molar-refractivity contribution < 1.29 is 4.79 Å². The molecule has 5 aliphatic rings. The summed E-state index contributed by atoms with van der Waals surface area (Å²) in [5.74, 6) is 1.36. The van der Waals surface area contributed by atoms with Gasteiger partial charge in [-0.2, -0.15) is 0 Å². The highest BCUT2D eigenvalue weighted by atomic mass is 16.2. The number of nitrogens with zero attached hydrogens (tertiary/aromatic N) is 2. The summed E-state index contributed by atoms with van der Waals surface area (Å²) in [6.07, 6.45) is 10.0. The lowest BCUT2D eigenvalue weighted by Gasteiger charge is -2.67. The van der Waals surface area contributed by atoms with Gasteiger partial charge >= 0.3 is 0 Å². The van der Waals surface area contributed by atoms with Crippen LogP contribution in [0.3, 0.4) is 0 Å². The molecule has 1 aliphatic heterocycles. The molecular formula is C29H35N3O2. The molecule has 2 heterocycles. The van der Waals surface area contributed by atoms with Crippen LogP contribution >= 0.6 is 0 Å². The molecule has 4 fully saturated rings. The highest BCUT2D eigenvalue weighted by Gasteiger charge is 2.71. The van der Waals surface area contributed by atoms with Crippen molar-refractivity contribution in [1.82, 2.24) is 14.8 Å². The summed E-state index contributed by atoms with van der Waals surface area (Å²) >= 11 is 0. The summed E-state index contributed by atoms with van der Waals surface area (Å²) in [7, 11) is 1.97. The number of pyridine rings is 1. The highest BCUT2D eigenvalue weighted by molar-refractivity contribution is 5.92. The number of carbonyl (C=O) groups excluding carboxylic acids is 1. The van der Waals surface area contributed by atoms with E-state index in [2.05, 4.69) is 34.1 Å². The van der Waals surface area contributed by atoms with Crippen LogP contribution in [-0.4, -0.2) is 52.9 Å². The number of hydrogen-bond donors (Lipinski definition) is 1. The van der Waals surface area contributed by atoms with Crippen LogP contribution in [0.1, 0.15) is 66.6 Å². The third-order valence-corrected chi connectivity index (χ3v) is 10.6. The minimum Gasteiger partial charge on any atom is -0.337 e. The summed E-state index contributed by atoms with van der Waals surface area (Å²) in [6.45, 7) is 2.49. The van der Waals surface area contributed by atoms with Crippen molar-refractivity contribution in [3.8, 4) is 0 Å². The Morgan fingerprint density at radius 3 is 2.71 bits per heavy atom. The molecule has 5 heteroatoms. The van der Waals surface area contributed by atoms with E-state index in [4.69, 9.17) is 0 Å². The first-order valence-corrected chi connectivity index (χ1v) is 13.3. The van der Waals surface area contributed by atoms with Crippen molar-refractivity contribution in [2.24, 2.45) is 17.3 Å². The molecule has 0 radical (unpaired) electrons. The fourth-order valence-corrected chi connectivity index (χ4v) is 9.11. The normalized spacial score (nSPS) is 36.0. The van der Waals surface area contributed by atoms with Gasteiger partial charge in [-0.15, -0.1) is 0 Å². The van der Waals surface area contributed by atoms with Gasteiger partial charge in [-0.1, -0.05) is 30.3 Å². The Bertz CT molecular complexity index is 1200. The minimum absolute atomic E-state index is 0.0506. The van der Waals surface area contributed by atoms with Crippen LogP contribution in [0.15, 0.2) is 47.3 Å². The minimum atomic E-state index is -0.214. The smallest absolute Gasteiger partial charge is 0.270 e. The zero-order valence-corrected chi connectivity index (χ0v) is 20.1. The number of fused-ring (bicyclic) bond motifs is 1. The van der Waals surface area contributed by atoms with Crippen molar-refractivity contribution in [3.63, 3.8) is 0 Å². The molecule has 5 atom stereocenters. The second-order valence-electron chi connectivity index (χ2n) is 11.8. The number of carbonyl (C=O) groups is 1. The first kappa shape index (κ1) is 20.9. The first-order chi connectivity index (χ1) is 16.5. The lowest BCUT2D eigenvalue weighted by molar-refractivity contribution is -0.104. The lowest BCUT2D eigenvalue weighted by Crippen LogP contribution is -2.70. The molecular weight excluding hydrogens is 422 g/mol. The Kier molecular flexibility index (Phi) is 4.49. The Balaban J connectivity index is 1.30. The average Bonchev–Trinajstić information content (AvgIpc) is 3.63. The Hall–Kier alpha value is -2.40. The number of hydrogen-bond acceptors (Lipinski definition) is 3. The zero-order chi connectivity index (χ0) is 23.1. The molecule has 1 saturated heterocycles. The van der Waals surface area contributed by atoms with Crippen LogP contribution in [0.2, 0.25) is 0 Å². The standard InChI is InChI=1S/C29H35N3O2/c1-31(27(34)23-7-4-8-26(33)30-23)24-12-14-28-13-11-22(24)29(28)15-16-32(18-19-9-10-19)25(28)17-20-5-2-3-6-21(20)29/h2-8,19,22,24-25H,9-18H2,1H3,(H,30,33). The molecule has 5 nitrogen and oxygen atoms in total. The number of amides is 1. The number of piperidine rings is 1. The Morgan fingerprint density at radius 2 is 1.88 bits per heavy atom. The average molecular weight is 458 g/mol. The Morgan fingerprint density at radius 1 is 1.06 bits per heavy atom. The van der Waals surface area contributed by atoms with E-state index in [9.17, 15) is 9.59 Å². The van der Waals surface area contributed by atoms with Gasteiger partial charge in [0.15, 0.2) is 0 Å². The van der Waals surface area contributed by atoms with Crippen LogP contribution in [0.4, 0.5) is 0 Å². The molecule has 1 aromatic heterocycles. The molecule has 34 heavy (non-hydrogen) atoms. The van der Waals surface area contributed by atoms with Crippen LogP contribution in [0.25, 0.3) is 0 Å². The number of H-pyrrole nitrogens is 1. The molecule has 0 spiro atoms. The molecule has 1 N–H and O–H groups in total. The predicted octanol–water partition coefficient (Wildman–Crippen LogP) is 3.98. The van der Waals surface area contributed by atoms with Crippen molar-refractivity contribution >= 4 is 5.91 Å². The number of aromatic nitrogens is 1. The van der Waals surface area contributed by atoms with E-state index >= 15 is 0 Å². The topological polar surface area (TPSA) is 56.4 Å². The van der Waals surface area contributed by atoms with Crippen molar-refractivity contribution in [3.05, 3.63) is 69.6 Å². The maximum absolute atomic E-state index is 13.5. The first-order valence-electron chi connectivity index (χ1n) is 13.3. The van der Waals surface area contributed by atoms with E-state index in [0.29, 0.717) is 23.1 Å². The maximum atomic E-state index is 13.5. The van der Waals surface area contributed by atoms with E-state index < -0.39 is 0 Å². The molecule has 5 unspecified atom stereocenters. The zero-order valence-electron chi connectivity index (χ0n) is 20.1. The maximum Gasteiger partial charge on any atom is 0.270 e. The Labute approximate surface area is 201 Å². The summed E-state index contributed by atoms with van der Waals surface area (Å²) in [5, 5.41) is 0. The number of nitrogens with one attached hydrogen (secondary N) is 1. The van der Waals surface area contributed by atoms with Gasteiger partial charge < -0.3 is 9.88 Å². The summed E-state index contributed by atoms with van der Waals surface area (Å²) in [6, 6.07) is 15.0. The predicted molar refractivity (Wildman–Crippen MR) is 132 cm³/mol. The highest BCUT2D eigenvalue weighted by Crippen LogP contribution is 2.72. The second kappa shape index (κ2) is 7.30. The van der Waals surface area contributed by atoms with Crippen LogP contribution in [0.5, 0.6) is 0 Å². The number of likely N-dealkylation sites (tertiary alicyclic amines) is 1. The van der Waals surface area contributed by atoms with Crippen molar-refractivity contribution in [2.75, 3.05) is 20.1 Å². The van der Waals surface area contributed by atoms with Gasteiger partial charge in [-0.05, 0) is 92.4 Å². The molecule has 4 aliphatic carbocycles. The van der Waals surface area contributed by atoms with Crippen LogP contribution in [0, 0.1) is 17.3 Å². The van der Waals surface area contributed by atoms with Crippen molar-refractivity contribution in [1.29, 1.82) is 0 Å². The fourth-order valence-electron chi connectivity index (χ4n) is 9.11. The third kappa shape index (κ3) is 2.71. The third-order valence-electron chi connectivity index (χ3n) is 10.6. The molecule has 1 aromatic carbocycles. The molecule has 7 rings (SSSR count). The van der Waals surface area contributed by atoms with Crippen LogP contribution < -0.4 is 5.56 Å². The second-order valence-corrected chi connectivity index (χ2v) is 11.8. The van der Waals surface area contributed by atoms with Gasteiger partial charge in [0.05, 0.1) is 0 Å². The molecule has 2 aromatic rings. The van der Waals surface area contributed by atoms with E-state index in [1.807, 2.05) is 11.9 Å². The number of benzene rings is 1. The molecule has 178 valence electrons. The van der Waals surface area contributed by atoms with E-state index in [0.717, 1.165) is 12.3 Å². The quantitative estimate of drug-likeness (QED) is 0.756. The van der Waals surface area contributed by atoms with Gasteiger partial charge in [0.25, 0.3) is 5.91 Å². The summed E-state index contributed by atoms with van der Waals surface area (Å²) in [5.41, 5.74) is 3.86. The lowest BCUT2D eigenvalue weighted by atomic mass is 9.43. The molecule has 3 saturated carbocycles. The monoisotopic (exact) mass is 457 g/mol.